The van der Waals surface area contributed by atoms with Gasteiger partial charge in [0.25, 0.3) is 0 Å². The monoisotopic (exact) mass is 159 g/mol. The molecule has 12 heavy (non-hydrogen) atoms. The average Bonchev–Trinajstić information content (AvgIpc) is 2.04. The average molecular weight is 159 g/mol. The first-order valence-corrected chi connectivity index (χ1v) is 4.01. The van der Waals surface area contributed by atoms with Gasteiger partial charge in [0.1, 0.15) is 0 Å². The first kappa shape index (κ1) is 8.67. The lowest BCUT2D eigenvalue weighted by Crippen LogP contribution is -2.11. The summed E-state index contributed by atoms with van der Waals surface area (Å²) in [6.45, 7) is 4.02. The van der Waals surface area contributed by atoms with Gasteiger partial charge < -0.3 is 5.32 Å². The van der Waals surface area contributed by atoms with Gasteiger partial charge in [-0.2, -0.15) is 0 Å². The van der Waals surface area contributed by atoms with E-state index in [-0.39, 0.29) is 6.04 Å². The Bertz CT molecular complexity index is 296. The highest BCUT2D eigenvalue weighted by molar-refractivity contribution is 5.47. The largest absolute Gasteiger partial charge is 0.372 e. The third-order valence-corrected chi connectivity index (χ3v) is 1.65. The Balaban J connectivity index is 2.71. The van der Waals surface area contributed by atoms with Crippen molar-refractivity contribution in [3.8, 4) is 12.3 Å². The second-order valence-corrected chi connectivity index (χ2v) is 2.90. The van der Waals surface area contributed by atoms with Crippen LogP contribution in [0.3, 0.4) is 0 Å². The van der Waals surface area contributed by atoms with Gasteiger partial charge in [0.05, 0.1) is 6.04 Å². The third-order valence-electron chi connectivity index (χ3n) is 1.65. The summed E-state index contributed by atoms with van der Waals surface area (Å²) in [5.41, 5.74) is 2.32. The van der Waals surface area contributed by atoms with Crippen LogP contribution in [-0.2, 0) is 0 Å². The molecule has 1 N–H and O–H groups in total. The van der Waals surface area contributed by atoms with Crippen molar-refractivity contribution >= 4 is 5.69 Å². The van der Waals surface area contributed by atoms with Crippen molar-refractivity contribution in [1.29, 1.82) is 0 Å². The molecule has 0 heterocycles. The molecule has 0 saturated carbocycles. The van der Waals surface area contributed by atoms with Gasteiger partial charge in [-0.15, -0.1) is 6.42 Å². The second kappa shape index (κ2) is 3.82. The minimum absolute atomic E-state index is 0.0896. The minimum Gasteiger partial charge on any atom is -0.372 e. The summed E-state index contributed by atoms with van der Waals surface area (Å²) in [7, 11) is 0. The highest BCUT2D eigenvalue weighted by Gasteiger charge is 1.95. The van der Waals surface area contributed by atoms with Crippen LogP contribution in [0.1, 0.15) is 12.5 Å². The number of anilines is 1. The number of aryl methyl sites for hydroxylation is 1. The van der Waals surface area contributed by atoms with Crippen molar-refractivity contribution in [2.75, 3.05) is 5.32 Å². The van der Waals surface area contributed by atoms with Crippen LogP contribution in [0, 0.1) is 19.3 Å². The van der Waals surface area contributed by atoms with E-state index in [0.717, 1.165) is 5.69 Å². The van der Waals surface area contributed by atoms with Gasteiger partial charge in [0.15, 0.2) is 0 Å². The smallest absolute Gasteiger partial charge is 0.0845 e. The van der Waals surface area contributed by atoms with Gasteiger partial charge in [0.2, 0.25) is 0 Å². The highest BCUT2D eigenvalue weighted by atomic mass is 14.9. The molecule has 1 unspecified atom stereocenters. The first-order valence-electron chi connectivity index (χ1n) is 4.01. The Labute approximate surface area is 73.8 Å². The van der Waals surface area contributed by atoms with Gasteiger partial charge in [-0.3, -0.25) is 0 Å². The van der Waals surface area contributed by atoms with E-state index >= 15 is 0 Å². The number of hydrogen-bond donors (Lipinski definition) is 1. The van der Waals surface area contributed by atoms with Crippen molar-refractivity contribution in [1.82, 2.24) is 0 Å². The van der Waals surface area contributed by atoms with Crippen LogP contribution < -0.4 is 5.32 Å². The van der Waals surface area contributed by atoms with E-state index in [9.17, 15) is 0 Å². The molecule has 0 aromatic heterocycles. The lowest BCUT2D eigenvalue weighted by molar-refractivity contribution is 1.03. The fourth-order valence-corrected chi connectivity index (χ4v) is 1.03. The zero-order valence-corrected chi connectivity index (χ0v) is 7.46. The van der Waals surface area contributed by atoms with Crippen LogP contribution in [0.4, 0.5) is 5.69 Å². The number of terminal acetylenes is 1. The third kappa shape index (κ3) is 2.32. The molecule has 0 saturated heterocycles. The lowest BCUT2D eigenvalue weighted by Gasteiger charge is -2.09. The van der Waals surface area contributed by atoms with Crippen molar-refractivity contribution in [2.45, 2.75) is 19.9 Å². The minimum atomic E-state index is 0.0896. The molecule has 0 aliphatic heterocycles. The Morgan fingerprint density at radius 2 is 2.25 bits per heavy atom. The number of nitrogens with one attached hydrogen (secondary N) is 1. The van der Waals surface area contributed by atoms with Gasteiger partial charge in [-0.05, 0) is 31.5 Å². The summed E-state index contributed by atoms with van der Waals surface area (Å²) in [6, 6.07) is 8.26. The zero-order chi connectivity index (χ0) is 8.97. The van der Waals surface area contributed by atoms with Crippen molar-refractivity contribution < 1.29 is 0 Å². The Kier molecular flexibility index (Phi) is 2.76. The normalized spacial score (nSPS) is 11.8. The molecule has 1 atom stereocenters. The fraction of sp³-hybridized carbons (Fsp3) is 0.273. The molecule has 1 rings (SSSR count). The van der Waals surface area contributed by atoms with E-state index in [1.807, 2.05) is 19.1 Å². The SMILES string of the molecule is C#CC(C)Nc1cccc(C)c1. The molecule has 0 fully saturated rings. The highest BCUT2D eigenvalue weighted by Crippen LogP contribution is 2.10. The maximum Gasteiger partial charge on any atom is 0.0845 e. The fourth-order valence-electron chi connectivity index (χ4n) is 1.03. The predicted molar refractivity (Wildman–Crippen MR) is 53.1 cm³/mol. The molecule has 1 aromatic carbocycles. The van der Waals surface area contributed by atoms with E-state index in [1.54, 1.807) is 0 Å². The maximum atomic E-state index is 5.25. The number of rotatable bonds is 2. The standard InChI is InChI=1S/C11H13N/c1-4-10(3)12-11-7-5-6-9(2)8-11/h1,5-8,10,12H,2-3H3. The summed E-state index contributed by atoms with van der Waals surface area (Å²) >= 11 is 0. The molecule has 62 valence electrons. The van der Waals surface area contributed by atoms with Crippen LogP contribution in [0.2, 0.25) is 0 Å². The van der Waals surface area contributed by atoms with Crippen molar-refractivity contribution in [3.63, 3.8) is 0 Å². The number of hydrogen-bond acceptors (Lipinski definition) is 1. The van der Waals surface area contributed by atoms with Gasteiger partial charge >= 0.3 is 0 Å². The van der Waals surface area contributed by atoms with Crippen molar-refractivity contribution in [2.24, 2.45) is 0 Å². The van der Waals surface area contributed by atoms with E-state index in [0.29, 0.717) is 0 Å². The summed E-state index contributed by atoms with van der Waals surface area (Å²) in [5.74, 6) is 2.62. The summed E-state index contributed by atoms with van der Waals surface area (Å²) in [6.07, 6.45) is 5.25. The van der Waals surface area contributed by atoms with Gasteiger partial charge in [-0.1, -0.05) is 18.1 Å². The van der Waals surface area contributed by atoms with Crippen molar-refractivity contribution in [3.05, 3.63) is 29.8 Å². The van der Waals surface area contributed by atoms with Crippen LogP contribution in [0.15, 0.2) is 24.3 Å². The topological polar surface area (TPSA) is 12.0 Å². The van der Waals surface area contributed by atoms with Crippen LogP contribution in [0.5, 0.6) is 0 Å². The number of benzene rings is 1. The first-order chi connectivity index (χ1) is 5.72. The molecule has 0 bridgehead atoms. The van der Waals surface area contributed by atoms with E-state index in [2.05, 4.69) is 30.3 Å². The summed E-state index contributed by atoms with van der Waals surface area (Å²) in [4.78, 5) is 0. The predicted octanol–water partition coefficient (Wildman–Crippen LogP) is 2.43. The molecule has 0 spiro atoms. The summed E-state index contributed by atoms with van der Waals surface area (Å²) in [5, 5.41) is 3.20. The van der Waals surface area contributed by atoms with Gasteiger partial charge in [-0.25, -0.2) is 0 Å². The molecule has 0 aliphatic carbocycles. The molecule has 0 radical (unpaired) electrons. The maximum absolute atomic E-state index is 5.25. The zero-order valence-electron chi connectivity index (χ0n) is 7.46. The molecule has 1 nitrogen and oxygen atoms in total. The molecular weight excluding hydrogens is 146 g/mol. The van der Waals surface area contributed by atoms with Crippen LogP contribution in [0.25, 0.3) is 0 Å². The Morgan fingerprint density at radius 3 is 2.83 bits per heavy atom. The Hall–Kier alpha value is -1.42. The van der Waals surface area contributed by atoms with Crippen LogP contribution in [-0.4, -0.2) is 6.04 Å². The van der Waals surface area contributed by atoms with Crippen LogP contribution >= 0.6 is 0 Å². The molecule has 0 amide bonds. The summed E-state index contributed by atoms with van der Waals surface area (Å²) < 4.78 is 0. The van der Waals surface area contributed by atoms with E-state index in [4.69, 9.17) is 6.42 Å². The van der Waals surface area contributed by atoms with Gasteiger partial charge in [0, 0.05) is 5.69 Å². The van der Waals surface area contributed by atoms with E-state index < -0.39 is 0 Å². The molecule has 0 aliphatic rings. The second-order valence-electron chi connectivity index (χ2n) is 2.90. The molecule has 1 heteroatoms. The quantitative estimate of drug-likeness (QED) is 0.653. The Morgan fingerprint density at radius 1 is 1.50 bits per heavy atom. The molecule has 1 aromatic rings. The lowest BCUT2D eigenvalue weighted by atomic mass is 10.2. The van der Waals surface area contributed by atoms with E-state index in [1.165, 1.54) is 5.56 Å². The molecular formula is C11H13N.